The molecule has 0 aliphatic heterocycles. The van der Waals surface area contributed by atoms with E-state index in [2.05, 4.69) is 16.8 Å². The van der Waals surface area contributed by atoms with Crippen LogP contribution in [-0.4, -0.2) is 18.2 Å². The molecule has 3 nitrogen and oxygen atoms in total. The first-order chi connectivity index (χ1) is 10.8. The molecule has 1 saturated carbocycles. The molecule has 1 heterocycles. The van der Waals surface area contributed by atoms with Crippen molar-refractivity contribution in [2.75, 3.05) is 7.11 Å². The molecule has 1 aliphatic carbocycles. The summed E-state index contributed by atoms with van der Waals surface area (Å²) in [6, 6.07) is 9.62. The van der Waals surface area contributed by atoms with Crippen LogP contribution in [0.4, 0.5) is 0 Å². The minimum atomic E-state index is 0.303. The standard InChI is InChI=1S/C19H19NO2/c1-21-18-9-8-16(7-6-15-10-12-20-13-11-15)14-19(18)22-17-4-2-3-5-17/h8-14,17H,2-5H2,1H3. The Kier molecular flexibility index (Phi) is 4.60. The predicted octanol–water partition coefficient (Wildman–Crippen LogP) is 3.81. The maximum Gasteiger partial charge on any atom is 0.162 e. The van der Waals surface area contributed by atoms with Crippen molar-refractivity contribution < 1.29 is 9.47 Å². The molecule has 1 aromatic carbocycles. The Morgan fingerprint density at radius 1 is 0.955 bits per heavy atom. The van der Waals surface area contributed by atoms with Gasteiger partial charge >= 0.3 is 0 Å². The molecule has 0 bridgehead atoms. The highest BCUT2D eigenvalue weighted by molar-refractivity contribution is 5.50. The van der Waals surface area contributed by atoms with E-state index in [1.807, 2.05) is 30.3 Å². The third-order valence-corrected chi connectivity index (χ3v) is 3.79. The van der Waals surface area contributed by atoms with Crippen LogP contribution in [0.1, 0.15) is 36.8 Å². The molecule has 2 aromatic rings. The highest BCUT2D eigenvalue weighted by Gasteiger charge is 2.18. The van der Waals surface area contributed by atoms with E-state index in [1.165, 1.54) is 12.8 Å². The number of rotatable bonds is 3. The van der Waals surface area contributed by atoms with Crippen molar-refractivity contribution in [3.05, 3.63) is 53.9 Å². The van der Waals surface area contributed by atoms with Crippen molar-refractivity contribution in [3.8, 4) is 23.3 Å². The number of benzene rings is 1. The summed E-state index contributed by atoms with van der Waals surface area (Å²) in [4.78, 5) is 3.99. The first-order valence-corrected chi connectivity index (χ1v) is 7.62. The number of pyridine rings is 1. The van der Waals surface area contributed by atoms with Gasteiger partial charge in [0.05, 0.1) is 13.2 Å². The van der Waals surface area contributed by atoms with Crippen LogP contribution < -0.4 is 9.47 Å². The molecule has 0 amide bonds. The molecule has 1 aromatic heterocycles. The average molecular weight is 293 g/mol. The number of ether oxygens (including phenoxy) is 2. The number of nitrogens with zero attached hydrogens (tertiary/aromatic N) is 1. The Morgan fingerprint density at radius 3 is 2.41 bits per heavy atom. The van der Waals surface area contributed by atoms with E-state index in [9.17, 15) is 0 Å². The van der Waals surface area contributed by atoms with Crippen LogP contribution in [0.15, 0.2) is 42.7 Å². The maximum atomic E-state index is 6.09. The van der Waals surface area contributed by atoms with Gasteiger partial charge in [-0.3, -0.25) is 4.98 Å². The van der Waals surface area contributed by atoms with Gasteiger partial charge in [-0.15, -0.1) is 0 Å². The average Bonchev–Trinajstić information content (AvgIpc) is 3.07. The van der Waals surface area contributed by atoms with E-state index in [1.54, 1.807) is 19.5 Å². The molecule has 0 radical (unpaired) electrons. The number of aromatic nitrogens is 1. The van der Waals surface area contributed by atoms with Gasteiger partial charge in [-0.05, 0) is 56.0 Å². The van der Waals surface area contributed by atoms with Gasteiger partial charge < -0.3 is 9.47 Å². The lowest BCUT2D eigenvalue weighted by Gasteiger charge is -2.16. The van der Waals surface area contributed by atoms with Crippen LogP contribution in [0.25, 0.3) is 0 Å². The second-order valence-electron chi connectivity index (χ2n) is 5.38. The molecule has 1 fully saturated rings. The molecule has 0 spiro atoms. The molecular weight excluding hydrogens is 274 g/mol. The molecule has 22 heavy (non-hydrogen) atoms. The third-order valence-electron chi connectivity index (χ3n) is 3.79. The lowest BCUT2D eigenvalue weighted by atomic mass is 10.2. The molecule has 3 heteroatoms. The summed E-state index contributed by atoms with van der Waals surface area (Å²) in [5.74, 6) is 7.85. The fourth-order valence-electron chi connectivity index (χ4n) is 2.61. The van der Waals surface area contributed by atoms with E-state index in [4.69, 9.17) is 9.47 Å². The normalized spacial score (nSPS) is 14.2. The Hall–Kier alpha value is -2.47. The summed E-state index contributed by atoms with van der Waals surface area (Å²) in [6.07, 6.45) is 8.52. The summed E-state index contributed by atoms with van der Waals surface area (Å²) in [6.45, 7) is 0. The van der Waals surface area contributed by atoms with E-state index in [0.29, 0.717) is 6.10 Å². The van der Waals surface area contributed by atoms with Crippen molar-refractivity contribution in [3.63, 3.8) is 0 Å². The Labute approximate surface area is 131 Å². The molecule has 0 unspecified atom stereocenters. The van der Waals surface area contributed by atoms with Gasteiger partial charge in [0.2, 0.25) is 0 Å². The van der Waals surface area contributed by atoms with Crippen LogP contribution in [0.3, 0.4) is 0 Å². The minimum Gasteiger partial charge on any atom is -0.493 e. The topological polar surface area (TPSA) is 31.4 Å². The SMILES string of the molecule is COc1ccc(C#Cc2ccncc2)cc1OC1CCCC1. The first kappa shape index (κ1) is 14.5. The summed E-state index contributed by atoms with van der Waals surface area (Å²) in [5.41, 5.74) is 1.87. The van der Waals surface area contributed by atoms with Crippen LogP contribution in [0, 0.1) is 11.8 Å². The van der Waals surface area contributed by atoms with Crippen molar-refractivity contribution in [1.29, 1.82) is 0 Å². The molecule has 1 aliphatic rings. The zero-order chi connectivity index (χ0) is 15.2. The van der Waals surface area contributed by atoms with Crippen molar-refractivity contribution in [1.82, 2.24) is 4.98 Å². The second-order valence-corrected chi connectivity index (χ2v) is 5.38. The highest BCUT2D eigenvalue weighted by atomic mass is 16.5. The second kappa shape index (κ2) is 7.00. The Bertz CT molecular complexity index is 680. The molecular formula is C19H19NO2. The van der Waals surface area contributed by atoms with E-state index in [-0.39, 0.29) is 0 Å². The number of methoxy groups -OCH3 is 1. The van der Waals surface area contributed by atoms with Gasteiger partial charge in [-0.25, -0.2) is 0 Å². The van der Waals surface area contributed by atoms with Gasteiger partial charge in [-0.1, -0.05) is 11.8 Å². The lowest BCUT2D eigenvalue weighted by Crippen LogP contribution is -2.11. The van der Waals surface area contributed by atoms with Crippen molar-refractivity contribution in [2.24, 2.45) is 0 Å². The fourth-order valence-corrected chi connectivity index (χ4v) is 2.61. The summed E-state index contributed by atoms with van der Waals surface area (Å²) in [7, 11) is 1.67. The highest BCUT2D eigenvalue weighted by Crippen LogP contribution is 2.32. The zero-order valence-corrected chi connectivity index (χ0v) is 12.7. The van der Waals surface area contributed by atoms with Crippen LogP contribution >= 0.6 is 0 Å². The summed E-state index contributed by atoms with van der Waals surface area (Å²) < 4.78 is 11.5. The Balaban J connectivity index is 1.82. The smallest absolute Gasteiger partial charge is 0.162 e. The van der Waals surface area contributed by atoms with Crippen LogP contribution in [0.2, 0.25) is 0 Å². The molecule has 3 rings (SSSR count). The van der Waals surface area contributed by atoms with Gasteiger partial charge in [0.1, 0.15) is 0 Å². The third kappa shape index (κ3) is 3.59. The van der Waals surface area contributed by atoms with Gasteiger partial charge in [-0.2, -0.15) is 0 Å². The lowest BCUT2D eigenvalue weighted by molar-refractivity contribution is 0.201. The summed E-state index contributed by atoms with van der Waals surface area (Å²) >= 11 is 0. The van der Waals surface area contributed by atoms with E-state index in [0.717, 1.165) is 35.5 Å². The fraction of sp³-hybridized carbons (Fsp3) is 0.316. The van der Waals surface area contributed by atoms with Crippen molar-refractivity contribution >= 4 is 0 Å². The number of hydrogen-bond donors (Lipinski definition) is 0. The maximum absolute atomic E-state index is 6.09. The monoisotopic (exact) mass is 293 g/mol. The summed E-state index contributed by atoms with van der Waals surface area (Å²) in [5, 5.41) is 0. The van der Waals surface area contributed by atoms with Crippen LogP contribution in [0.5, 0.6) is 11.5 Å². The molecule has 0 atom stereocenters. The zero-order valence-electron chi connectivity index (χ0n) is 12.7. The van der Waals surface area contributed by atoms with Crippen LogP contribution in [-0.2, 0) is 0 Å². The quantitative estimate of drug-likeness (QED) is 0.806. The number of hydrogen-bond acceptors (Lipinski definition) is 3. The first-order valence-electron chi connectivity index (χ1n) is 7.62. The van der Waals surface area contributed by atoms with Gasteiger partial charge in [0.25, 0.3) is 0 Å². The molecule has 0 saturated heterocycles. The van der Waals surface area contributed by atoms with E-state index >= 15 is 0 Å². The predicted molar refractivity (Wildman–Crippen MR) is 86.1 cm³/mol. The molecule has 0 N–H and O–H groups in total. The van der Waals surface area contributed by atoms with Gasteiger partial charge in [0, 0.05) is 23.5 Å². The largest absolute Gasteiger partial charge is 0.493 e. The van der Waals surface area contributed by atoms with Crippen molar-refractivity contribution in [2.45, 2.75) is 31.8 Å². The Morgan fingerprint density at radius 2 is 1.68 bits per heavy atom. The minimum absolute atomic E-state index is 0.303. The van der Waals surface area contributed by atoms with Gasteiger partial charge in [0.15, 0.2) is 11.5 Å². The molecule has 112 valence electrons. The van der Waals surface area contributed by atoms with E-state index < -0.39 is 0 Å².